The van der Waals surface area contributed by atoms with Crippen LogP contribution >= 0.6 is 0 Å². The SMILES string of the molecule is CC(C)(C)c1nc2cc(CNS(=O)(=O)c3ccc(NC(=O)CO)cc3)ccc2n1CC1CCOCC1. The Balaban J connectivity index is 1.51. The van der Waals surface area contributed by atoms with Crippen LogP contribution in [0.4, 0.5) is 5.69 Å². The molecule has 0 bridgehead atoms. The summed E-state index contributed by atoms with van der Waals surface area (Å²) in [6.07, 6.45) is 2.08. The number of nitrogens with one attached hydrogen (secondary N) is 2. The number of nitrogens with zero attached hydrogens (tertiary/aromatic N) is 2. The molecule has 1 fully saturated rings. The second-order valence-electron chi connectivity index (χ2n) is 10.2. The molecule has 0 spiro atoms. The van der Waals surface area contributed by atoms with Crippen molar-refractivity contribution in [2.75, 3.05) is 25.1 Å². The Kier molecular flexibility index (Phi) is 7.79. The third kappa shape index (κ3) is 6.12. The normalized spacial score (nSPS) is 15.3. The lowest BCUT2D eigenvalue weighted by Gasteiger charge is -2.26. The Morgan fingerprint density at radius 2 is 1.83 bits per heavy atom. The number of carbonyl (C=O) groups excluding carboxylic acids is 1. The van der Waals surface area contributed by atoms with Gasteiger partial charge in [0.15, 0.2) is 0 Å². The minimum Gasteiger partial charge on any atom is -0.387 e. The minimum atomic E-state index is -3.76. The summed E-state index contributed by atoms with van der Waals surface area (Å²) in [4.78, 5) is 16.3. The lowest BCUT2D eigenvalue weighted by molar-refractivity contribution is -0.118. The molecule has 36 heavy (non-hydrogen) atoms. The first-order valence-electron chi connectivity index (χ1n) is 12.1. The van der Waals surface area contributed by atoms with Gasteiger partial charge in [0.25, 0.3) is 0 Å². The maximum absolute atomic E-state index is 12.8. The number of carbonyl (C=O) groups is 1. The zero-order valence-electron chi connectivity index (χ0n) is 21.0. The summed E-state index contributed by atoms with van der Waals surface area (Å²) >= 11 is 0. The summed E-state index contributed by atoms with van der Waals surface area (Å²) in [5.41, 5.74) is 3.00. The van der Waals surface area contributed by atoms with Crippen LogP contribution in [0.25, 0.3) is 11.0 Å². The standard InChI is InChI=1S/C26H34N4O5S/c1-26(2,3)25-29-22-14-19(4-9-23(22)30(25)16-18-10-12-35-13-11-18)15-27-36(33,34)21-7-5-20(6-8-21)28-24(32)17-31/h4-9,14,18,27,31H,10-13,15-17H2,1-3H3,(H,28,32). The van der Waals surface area contributed by atoms with Crippen LogP contribution in [0.1, 0.15) is 45.0 Å². The van der Waals surface area contributed by atoms with E-state index in [4.69, 9.17) is 14.8 Å². The number of imidazole rings is 1. The molecule has 9 nitrogen and oxygen atoms in total. The van der Waals surface area contributed by atoms with Crippen molar-refractivity contribution in [2.24, 2.45) is 5.92 Å². The molecule has 3 N–H and O–H groups in total. The molecule has 4 rings (SSSR count). The zero-order valence-corrected chi connectivity index (χ0v) is 21.8. The fourth-order valence-electron chi connectivity index (χ4n) is 4.41. The van der Waals surface area contributed by atoms with Gasteiger partial charge in [-0.1, -0.05) is 26.8 Å². The average Bonchev–Trinajstić information content (AvgIpc) is 3.22. The van der Waals surface area contributed by atoms with Gasteiger partial charge in [-0.05, 0) is 60.7 Å². The summed E-state index contributed by atoms with van der Waals surface area (Å²) in [6, 6.07) is 11.7. The molecule has 2 aromatic carbocycles. The molecule has 3 aromatic rings. The molecular formula is C26H34N4O5S. The summed E-state index contributed by atoms with van der Waals surface area (Å²) in [6.45, 7) is 8.45. The first kappa shape index (κ1) is 26.3. The lowest BCUT2D eigenvalue weighted by Crippen LogP contribution is -2.25. The molecule has 194 valence electrons. The third-order valence-electron chi connectivity index (χ3n) is 6.32. The highest BCUT2D eigenvalue weighted by atomic mass is 32.2. The maximum atomic E-state index is 12.8. The minimum absolute atomic E-state index is 0.0846. The molecule has 1 aliphatic rings. The first-order chi connectivity index (χ1) is 17.1. The Morgan fingerprint density at radius 3 is 2.47 bits per heavy atom. The van der Waals surface area contributed by atoms with E-state index < -0.39 is 22.5 Å². The van der Waals surface area contributed by atoms with E-state index >= 15 is 0 Å². The molecular weight excluding hydrogens is 480 g/mol. The van der Waals surface area contributed by atoms with Gasteiger partial charge in [-0.15, -0.1) is 0 Å². The van der Waals surface area contributed by atoms with Crippen molar-refractivity contribution in [3.8, 4) is 0 Å². The lowest BCUT2D eigenvalue weighted by atomic mass is 9.94. The smallest absolute Gasteiger partial charge is 0.250 e. The molecule has 0 atom stereocenters. The molecule has 0 aliphatic carbocycles. The van der Waals surface area contributed by atoms with Crippen molar-refractivity contribution in [2.45, 2.75) is 57.0 Å². The van der Waals surface area contributed by atoms with Gasteiger partial charge in [0.05, 0.1) is 15.9 Å². The van der Waals surface area contributed by atoms with Crippen LogP contribution in [0.5, 0.6) is 0 Å². The van der Waals surface area contributed by atoms with E-state index in [9.17, 15) is 13.2 Å². The Labute approximate surface area is 211 Å². The molecule has 1 aliphatic heterocycles. The van der Waals surface area contributed by atoms with E-state index in [1.807, 2.05) is 18.2 Å². The van der Waals surface area contributed by atoms with Crippen molar-refractivity contribution >= 4 is 32.7 Å². The van der Waals surface area contributed by atoms with Gasteiger partial charge >= 0.3 is 0 Å². The van der Waals surface area contributed by atoms with E-state index in [0.29, 0.717) is 11.6 Å². The van der Waals surface area contributed by atoms with E-state index in [0.717, 1.165) is 55.0 Å². The molecule has 10 heteroatoms. The van der Waals surface area contributed by atoms with Crippen LogP contribution in [0.15, 0.2) is 47.4 Å². The Hall–Kier alpha value is -2.79. The first-order valence-corrected chi connectivity index (χ1v) is 13.6. The van der Waals surface area contributed by atoms with E-state index in [2.05, 4.69) is 35.4 Å². The maximum Gasteiger partial charge on any atom is 0.250 e. The van der Waals surface area contributed by atoms with Gasteiger partial charge in [-0.3, -0.25) is 4.79 Å². The van der Waals surface area contributed by atoms with Gasteiger partial charge < -0.3 is 19.7 Å². The molecule has 0 saturated carbocycles. The van der Waals surface area contributed by atoms with Crippen LogP contribution in [0.3, 0.4) is 0 Å². The van der Waals surface area contributed by atoms with E-state index in [1.165, 1.54) is 24.3 Å². The van der Waals surface area contributed by atoms with Crippen molar-refractivity contribution in [1.82, 2.24) is 14.3 Å². The molecule has 0 radical (unpaired) electrons. The fraction of sp³-hybridized carbons (Fsp3) is 0.462. The van der Waals surface area contributed by atoms with Crippen LogP contribution in [-0.2, 0) is 38.1 Å². The van der Waals surface area contributed by atoms with Crippen molar-refractivity contribution in [1.29, 1.82) is 0 Å². The number of aromatic nitrogens is 2. The summed E-state index contributed by atoms with van der Waals surface area (Å²) < 4.78 is 36.1. The van der Waals surface area contributed by atoms with E-state index in [-0.39, 0.29) is 16.9 Å². The van der Waals surface area contributed by atoms with Gasteiger partial charge in [-0.2, -0.15) is 0 Å². The Morgan fingerprint density at radius 1 is 1.14 bits per heavy atom. The number of rotatable bonds is 8. The molecule has 0 unspecified atom stereocenters. The predicted molar refractivity (Wildman–Crippen MR) is 138 cm³/mol. The largest absolute Gasteiger partial charge is 0.387 e. The number of hydrogen-bond donors (Lipinski definition) is 3. The summed E-state index contributed by atoms with van der Waals surface area (Å²) in [7, 11) is -3.76. The number of aliphatic hydroxyl groups is 1. The molecule has 2 heterocycles. The van der Waals surface area contributed by atoms with Crippen LogP contribution < -0.4 is 10.0 Å². The average molecular weight is 515 g/mol. The Bertz CT molecular complexity index is 1320. The van der Waals surface area contributed by atoms with Crippen molar-refractivity contribution in [3.05, 3.63) is 53.9 Å². The highest BCUT2D eigenvalue weighted by Gasteiger charge is 2.25. The number of amides is 1. The highest BCUT2D eigenvalue weighted by molar-refractivity contribution is 7.89. The topological polar surface area (TPSA) is 123 Å². The van der Waals surface area contributed by atoms with Gasteiger partial charge in [0.1, 0.15) is 12.4 Å². The quantitative estimate of drug-likeness (QED) is 0.424. The fourth-order valence-corrected chi connectivity index (χ4v) is 5.43. The second kappa shape index (κ2) is 10.7. The van der Waals surface area contributed by atoms with Crippen LogP contribution in [0.2, 0.25) is 0 Å². The number of benzene rings is 2. The molecule has 1 aromatic heterocycles. The highest BCUT2D eigenvalue weighted by Crippen LogP contribution is 2.30. The van der Waals surface area contributed by atoms with Gasteiger partial charge in [-0.25, -0.2) is 18.1 Å². The van der Waals surface area contributed by atoms with Gasteiger partial charge in [0, 0.05) is 37.4 Å². The van der Waals surface area contributed by atoms with Gasteiger partial charge in [0.2, 0.25) is 15.9 Å². The van der Waals surface area contributed by atoms with Crippen LogP contribution in [-0.4, -0.2) is 48.8 Å². The summed E-state index contributed by atoms with van der Waals surface area (Å²) in [5.74, 6) is 1.01. The van der Waals surface area contributed by atoms with E-state index in [1.54, 1.807) is 0 Å². The number of fused-ring (bicyclic) bond motifs is 1. The molecule has 1 amide bonds. The number of sulfonamides is 1. The third-order valence-corrected chi connectivity index (χ3v) is 7.74. The monoisotopic (exact) mass is 514 g/mol. The molecule has 1 saturated heterocycles. The zero-order chi connectivity index (χ0) is 25.9. The van der Waals surface area contributed by atoms with Crippen LogP contribution in [0, 0.1) is 5.92 Å². The summed E-state index contributed by atoms with van der Waals surface area (Å²) in [5, 5.41) is 11.3. The predicted octanol–water partition coefficient (Wildman–Crippen LogP) is 3.17. The van der Waals surface area contributed by atoms with Crippen molar-refractivity contribution in [3.63, 3.8) is 0 Å². The number of anilines is 1. The van der Waals surface area contributed by atoms with Crippen molar-refractivity contribution < 1.29 is 23.1 Å². The number of hydrogen-bond acceptors (Lipinski definition) is 6. The number of aliphatic hydroxyl groups excluding tert-OH is 1. The number of ether oxygens (including phenoxy) is 1. The second-order valence-corrected chi connectivity index (χ2v) is 12.0.